The first-order valence-electron chi connectivity index (χ1n) is 5.45. The van der Waals surface area contributed by atoms with Crippen molar-refractivity contribution >= 4 is 17.3 Å². The predicted octanol–water partition coefficient (Wildman–Crippen LogP) is 2.89. The highest BCUT2D eigenvalue weighted by Crippen LogP contribution is 2.29. The van der Waals surface area contributed by atoms with Gasteiger partial charge >= 0.3 is 5.97 Å². The monoisotopic (exact) mass is 263 g/mol. The molecule has 0 saturated heterocycles. The number of carboxylic acids is 1. The van der Waals surface area contributed by atoms with Crippen LogP contribution >= 0.6 is 11.3 Å². The molecule has 0 radical (unpaired) electrons. The van der Waals surface area contributed by atoms with Crippen molar-refractivity contribution in [3.8, 4) is 16.3 Å². The highest BCUT2D eigenvalue weighted by Gasteiger charge is 2.07. The molecule has 0 aliphatic carbocycles. The molecule has 2 aromatic rings. The molecule has 0 unspecified atom stereocenters. The molecular weight excluding hydrogens is 250 g/mol. The van der Waals surface area contributed by atoms with Gasteiger partial charge in [-0.1, -0.05) is 12.1 Å². The second-order valence-corrected chi connectivity index (χ2v) is 5.07. The lowest BCUT2D eigenvalue weighted by Gasteiger charge is -2.04. The zero-order valence-electron chi connectivity index (χ0n) is 10.1. The average molecular weight is 263 g/mol. The number of aliphatic carboxylic acids is 1. The molecule has 94 valence electrons. The lowest BCUT2D eigenvalue weighted by molar-refractivity contribution is -0.139. The van der Waals surface area contributed by atoms with E-state index in [0.717, 1.165) is 16.3 Å². The molecule has 1 N–H and O–H groups in total. The summed E-state index contributed by atoms with van der Waals surface area (Å²) in [6, 6.07) is 7.31. The van der Waals surface area contributed by atoms with Gasteiger partial charge in [0.05, 0.1) is 5.69 Å². The van der Waals surface area contributed by atoms with E-state index in [1.165, 1.54) is 4.88 Å². The van der Waals surface area contributed by atoms with Crippen LogP contribution in [0.4, 0.5) is 0 Å². The SMILES string of the molecule is Cc1nc(-c2cccc(OCC(=O)O)c2)sc1C. The first-order chi connectivity index (χ1) is 8.56. The number of nitrogens with zero attached hydrogens (tertiary/aromatic N) is 1. The molecule has 0 saturated carbocycles. The van der Waals surface area contributed by atoms with Crippen LogP contribution in [-0.4, -0.2) is 22.7 Å². The van der Waals surface area contributed by atoms with Gasteiger partial charge < -0.3 is 9.84 Å². The van der Waals surface area contributed by atoms with Crippen molar-refractivity contribution in [1.29, 1.82) is 0 Å². The number of carbonyl (C=O) groups is 1. The number of carboxylic acid groups (broad SMARTS) is 1. The molecule has 18 heavy (non-hydrogen) atoms. The Hall–Kier alpha value is -1.88. The number of benzene rings is 1. The smallest absolute Gasteiger partial charge is 0.341 e. The Labute approximate surface area is 109 Å². The molecule has 5 heteroatoms. The molecule has 4 nitrogen and oxygen atoms in total. The van der Waals surface area contributed by atoms with E-state index in [-0.39, 0.29) is 6.61 Å². The average Bonchev–Trinajstić information content (AvgIpc) is 2.68. The third-order valence-corrected chi connectivity index (χ3v) is 3.59. The maximum absolute atomic E-state index is 10.4. The third kappa shape index (κ3) is 2.87. The Morgan fingerprint density at radius 1 is 1.44 bits per heavy atom. The minimum absolute atomic E-state index is 0.334. The molecule has 2 rings (SSSR count). The number of aryl methyl sites for hydroxylation is 2. The van der Waals surface area contributed by atoms with Crippen molar-refractivity contribution in [3.05, 3.63) is 34.8 Å². The van der Waals surface area contributed by atoms with Crippen molar-refractivity contribution in [2.24, 2.45) is 0 Å². The second-order valence-electron chi connectivity index (χ2n) is 3.87. The summed E-state index contributed by atoms with van der Waals surface area (Å²) in [5.74, 6) is -0.443. The summed E-state index contributed by atoms with van der Waals surface area (Å²) in [5, 5.41) is 9.49. The van der Waals surface area contributed by atoms with Crippen LogP contribution in [0.3, 0.4) is 0 Å². The molecule has 0 spiro atoms. The number of aromatic nitrogens is 1. The lowest BCUT2D eigenvalue weighted by atomic mass is 10.2. The Morgan fingerprint density at radius 2 is 2.22 bits per heavy atom. The summed E-state index contributed by atoms with van der Waals surface area (Å²) in [4.78, 5) is 16.1. The van der Waals surface area contributed by atoms with Crippen molar-refractivity contribution < 1.29 is 14.6 Å². The van der Waals surface area contributed by atoms with Crippen LogP contribution in [0.1, 0.15) is 10.6 Å². The Kier molecular flexibility index (Phi) is 3.62. The van der Waals surface area contributed by atoms with E-state index in [1.807, 2.05) is 26.0 Å². The van der Waals surface area contributed by atoms with Crippen LogP contribution in [0.2, 0.25) is 0 Å². The zero-order valence-corrected chi connectivity index (χ0v) is 11.0. The van der Waals surface area contributed by atoms with E-state index in [4.69, 9.17) is 9.84 Å². The van der Waals surface area contributed by atoms with Crippen molar-refractivity contribution in [3.63, 3.8) is 0 Å². The van der Waals surface area contributed by atoms with E-state index in [9.17, 15) is 4.79 Å². The minimum Gasteiger partial charge on any atom is -0.482 e. The van der Waals surface area contributed by atoms with Crippen molar-refractivity contribution in [2.75, 3.05) is 6.61 Å². The van der Waals surface area contributed by atoms with Gasteiger partial charge in [0.15, 0.2) is 6.61 Å². The van der Waals surface area contributed by atoms with E-state index < -0.39 is 5.97 Å². The summed E-state index contributed by atoms with van der Waals surface area (Å²) in [6.45, 7) is 3.67. The van der Waals surface area contributed by atoms with E-state index >= 15 is 0 Å². The van der Waals surface area contributed by atoms with Crippen molar-refractivity contribution in [1.82, 2.24) is 4.98 Å². The fourth-order valence-electron chi connectivity index (χ4n) is 1.46. The largest absolute Gasteiger partial charge is 0.482 e. The number of hydrogen-bond donors (Lipinski definition) is 1. The van der Waals surface area contributed by atoms with Gasteiger partial charge in [0.25, 0.3) is 0 Å². The fraction of sp³-hybridized carbons (Fsp3) is 0.231. The van der Waals surface area contributed by atoms with Crippen LogP contribution in [0.5, 0.6) is 5.75 Å². The molecule has 0 fully saturated rings. The highest BCUT2D eigenvalue weighted by atomic mass is 32.1. The zero-order chi connectivity index (χ0) is 13.1. The van der Waals surface area contributed by atoms with E-state index in [0.29, 0.717) is 5.75 Å². The predicted molar refractivity (Wildman–Crippen MR) is 70.2 cm³/mol. The van der Waals surface area contributed by atoms with Gasteiger partial charge in [0, 0.05) is 10.4 Å². The quantitative estimate of drug-likeness (QED) is 0.921. The lowest BCUT2D eigenvalue weighted by Crippen LogP contribution is -2.09. The molecule has 0 aliphatic rings. The first kappa shape index (κ1) is 12.6. The Balaban J connectivity index is 2.23. The molecule has 0 atom stereocenters. The summed E-state index contributed by atoms with van der Waals surface area (Å²) in [7, 11) is 0. The maximum atomic E-state index is 10.4. The van der Waals surface area contributed by atoms with Gasteiger partial charge in [-0.2, -0.15) is 0 Å². The summed E-state index contributed by atoms with van der Waals surface area (Å²) in [6.07, 6.45) is 0. The maximum Gasteiger partial charge on any atom is 0.341 e. The highest BCUT2D eigenvalue weighted by molar-refractivity contribution is 7.15. The first-order valence-corrected chi connectivity index (χ1v) is 6.27. The fourth-order valence-corrected chi connectivity index (χ4v) is 2.37. The van der Waals surface area contributed by atoms with Gasteiger partial charge in [0.1, 0.15) is 10.8 Å². The Morgan fingerprint density at radius 3 is 2.83 bits per heavy atom. The molecule has 0 amide bonds. The topological polar surface area (TPSA) is 59.4 Å². The van der Waals surface area contributed by atoms with Gasteiger partial charge in [-0.15, -0.1) is 11.3 Å². The molecule has 0 aliphatic heterocycles. The standard InChI is InChI=1S/C13H13NO3S/c1-8-9(2)18-13(14-8)10-4-3-5-11(6-10)17-7-12(15)16/h3-6H,7H2,1-2H3,(H,15,16). The molecule has 1 aromatic carbocycles. The second kappa shape index (κ2) is 5.18. The van der Waals surface area contributed by atoms with Crippen LogP contribution in [0, 0.1) is 13.8 Å². The summed E-state index contributed by atoms with van der Waals surface area (Å²) < 4.78 is 5.14. The minimum atomic E-state index is -0.985. The van der Waals surface area contributed by atoms with Gasteiger partial charge in [-0.25, -0.2) is 9.78 Å². The van der Waals surface area contributed by atoms with Crippen LogP contribution in [-0.2, 0) is 4.79 Å². The summed E-state index contributed by atoms with van der Waals surface area (Å²) in [5.41, 5.74) is 1.96. The van der Waals surface area contributed by atoms with Gasteiger partial charge in [0.2, 0.25) is 0 Å². The van der Waals surface area contributed by atoms with Gasteiger partial charge in [-0.3, -0.25) is 0 Å². The molecule has 1 heterocycles. The van der Waals surface area contributed by atoms with Crippen LogP contribution < -0.4 is 4.74 Å². The van der Waals surface area contributed by atoms with Crippen LogP contribution in [0.15, 0.2) is 24.3 Å². The normalized spacial score (nSPS) is 10.3. The van der Waals surface area contributed by atoms with Crippen molar-refractivity contribution in [2.45, 2.75) is 13.8 Å². The Bertz CT molecular complexity index is 558. The summed E-state index contributed by atoms with van der Waals surface area (Å²) >= 11 is 1.62. The van der Waals surface area contributed by atoms with E-state index in [2.05, 4.69) is 4.98 Å². The molecular formula is C13H13NO3S. The molecule has 0 bridgehead atoms. The number of rotatable bonds is 4. The van der Waals surface area contributed by atoms with E-state index in [1.54, 1.807) is 23.5 Å². The molecule has 1 aromatic heterocycles. The third-order valence-electron chi connectivity index (χ3n) is 2.47. The number of hydrogen-bond acceptors (Lipinski definition) is 4. The van der Waals surface area contributed by atoms with Gasteiger partial charge in [-0.05, 0) is 26.0 Å². The van der Waals surface area contributed by atoms with Crippen LogP contribution in [0.25, 0.3) is 10.6 Å². The number of thiazole rings is 1. The number of ether oxygens (including phenoxy) is 1.